The van der Waals surface area contributed by atoms with Gasteiger partial charge in [0.05, 0.1) is 37.0 Å². The number of amides is 1. The molecular formula is C33H34F6N4O5. The Kier molecular flexibility index (Phi) is 10.3. The molecule has 0 spiro atoms. The Bertz CT molecular complexity index is 1610. The highest BCUT2D eigenvalue weighted by molar-refractivity contribution is 6.09. The highest BCUT2D eigenvalue weighted by Gasteiger charge is 2.38. The molecule has 2 fully saturated rings. The Hall–Kier alpha value is -4.56. The molecule has 1 aliphatic carbocycles. The van der Waals surface area contributed by atoms with E-state index in [9.17, 15) is 41.0 Å². The monoisotopic (exact) mass is 680 g/mol. The van der Waals surface area contributed by atoms with E-state index in [1.54, 1.807) is 12.3 Å². The molecule has 1 atom stereocenters. The molecule has 1 amide bonds. The smallest absolute Gasteiger partial charge is 0.416 e. The number of halogens is 6. The summed E-state index contributed by atoms with van der Waals surface area (Å²) in [6.07, 6.45) is -4.29. The van der Waals surface area contributed by atoms with E-state index in [0.717, 1.165) is 18.4 Å². The number of anilines is 2. The van der Waals surface area contributed by atoms with Gasteiger partial charge in [-0.1, -0.05) is 0 Å². The van der Waals surface area contributed by atoms with Crippen molar-refractivity contribution in [3.63, 3.8) is 0 Å². The van der Waals surface area contributed by atoms with Crippen LogP contribution in [0.25, 0.3) is 0 Å². The Morgan fingerprint density at radius 3 is 2.31 bits per heavy atom. The van der Waals surface area contributed by atoms with E-state index in [1.165, 1.54) is 25.3 Å². The van der Waals surface area contributed by atoms with Crippen molar-refractivity contribution < 1.29 is 50.5 Å². The number of carboxylic acid groups (broad SMARTS) is 1. The average molecular weight is 681 g/mol. The van der Waals surface area contributed by atoms with Crippen LogP contribution in [0.1, 0.15) is 59.5 Å². The minimum atomic E-state index is -4.93. The maximum absolute atomic E-state index is 13.7. The number of aromatic nitrogens is 2. The Labute approximate surface area is 272 Å². The molecule has 1 N–H and O–H groups in total. The van der Waals surface area contributed by atoms with Crippen LogP contribution >= 0.6 is 0 Å². The molecule has 1 aliphatic heterocycles. The standard InChI is InChI=1S/C33H34F6N4O5/c1-47-24-4-5-25(31(46)43(19-32(34,35)36)28-15-23(7-11-40-28)33(37,38)39)27(16-24)42-12-8-20(9-13-42)18-48-29-14-22(6-10-41-29)26(17-30(44)45)21-2-3-21/h4-7,10-11,14-16,20-21,26H,2-3,8-9,12-13,17-19H2,1H3,(H,44,45). The molecule has 1 saturated heterocycles. The lowest BCUT2D eigenvalue weighted by atomic mass is 9.92. The summed E-state index contributed by atoms with van der Waals surface area (Å²) in [4.78, 5) is 35.1. The molecule has 3 heterocycles. The SMILES string of the molecule is COc1ccc(C(=O)N(CC(F)(F)F)c2cc(C(F)(F)F)ccn2)c(N2CCC(COc3cc(C(CC(=O)O)C4CC4)ccn3)CC2)c1. The summed E-state index contributed by atoms with van der Waals surface area (Å²) in [5, 5.41) is 9.34. The summed E-state index contributed by atoms with van der Waals surface area (Å²) in [7, 11) is 1.39. The second kappa shape index (κ2) is 14.3. The van der Waals surface area contributed by atoms with E-state index in [0.29, 0.717) is 68.4 Å². The lowest BCUT2D eigenvalue weighted by Gasteiger charge is -2.35. The largest absolute Gasteiger partial charge is 0.497 e. The van der Waals surface area contributed by atoms with Crippen LogP contribution in [0.15, 0.2) is 54.9 Å². The predicted molar refractivity (Wildman–Crippen MR) is 162 cm³/mol. The van der Waals surface area contributed by atoms with E-state index in [-0.39, 0.29) is 34.4 Å². The number of hydrogen-bond donors (Lipinski definition) is 1. The normalized spacial score (nSPS) is 16.4. The number of benzene rings is 1. The van der Waals surface area contributed by atoms with Crippen LogP contribution in [-0.2, 0) is 11.0 Å². The maximum atomic E-state index is 13.7. The van der Waals surface area contributed by atoms with Gasteiger partial charge in [-0.15, -0.1) is 0 Å². The summed E-state index contributed by atoms with van der Waals surface area (Å²) < 4.78 is 92.4. The van der Waals surface area contributed by atoms with Crippen molar-refractivity contribution in [3.8, 4) is 11.6 Å². The van der Waals surface area contributed by atoms with Crippen molar-refractivity contribution in [1.82, 2.24) is 9.97 Å². The third kappa shape index (κ3) is 8.86. The van der Waals surface area contributed by atoms with Gasteiger partial charge in [0, 0.05) is 37.6 Å². The summed E-state index contributed by atoms with van der Waals surface area (Å²) in [6.45, 7) is -0.726. The number of ether oxygens (including phenoxy) is 2. The van der Waals surface area contributed by atoms with Gasteiger partial charge in [0.25, 0.3) is 5.91 Å². The molecule has 1 aromatic carbocycles. The van der Waals surface area contributed by atoms with E-state index in [2.05, 4.69) is 9.97 Å². The number of rotatable bonds is 12. The fourth-order valence-corrected chi connectivity index (χ4v) is 5.93. The van der Waals surface area contributed by atoms with E-state index in [1.807, 2.05) is 11.0 Å². The van der Waals surface area contributed by atoms with E-state index in [4.69, 9.17) is 9.47 Å². The first-order chi connectivity index (χ1) is 22.7. The van der Waals surface area contributed by atoms with Crippen molar-refractivity contribution in [2.24, 2.45) is 11.8 Å². The fourth-order valence-electron chi connectivity index (χ4n) is 5.93. The van der Waals surface area contributed by atoms with Crippen LogP contribution in [-0.4, -0.2) is 66.5 Å². The molecule has 1 unspecified atom stereocenters. The molecule has 1 saturated carbocycles. The second-order valence-electron chi connectivity index (χ2n) is 12.0. The second-order valence-corrected chi connectivity index (χ2v) is 12.0. The Balaban J connectivity index is 1.30. The zero-order valence-electron chi connectivity index (χ0n) is 25.9. The maximum Gasteiger partial charge on any atom is 0.416 e. The molecule has 3 aromatic rings. The summed E-state index contributed by atoms with van der Waals surface area (Å²) >= 11 is 0. The number of alkyl halides is 6. The molecule has 258 valence electrons. The quantitative estimate of drug-likeness (QED) is 0.205. The average Bonchev–Trinajstić information content (AvgIpc) is 3.90. The van der Waals surface area contributed by atoms with Gasteiger partial charge >= 0.3 is 18.3 Å². The zero-order chi connectivity index (χ0) is 34.6. The first kappa shape index (κ1) is 34.8. The number of aliphatic carboxylic acids is 1. The highest BCUT2D eigenvalue weighted by Crippen LogP contribution is 2.45. The molecule has 2 aromatic heterocycles. The van der Waals surface area contributed by atoms with Gasteiger partial charge in [0.2, 0.25) is 5.88 Å². The summed E-state index contributed by atoms with van der Waals surface area (Å²) in [5.41, 5.74) is -0.246. The predicted octanol–water partition coefficient (Wildman–Crippen LogP) is 6.98. The molecule has 2 aliphatic rings. The summed E-state index contributed by atoms with van der Waals surface area (Å²) in [5.74, 6) is -1.79. The molecule has 5 rings (SSSR count). The number of hydrogen-bond acceptors (Lipinski definition) is 7. The lowest BCUT2D eigenvalue weighted by Crippen LogP contribution is -2.41. The fraction of sp³-hybridized carbons (Fsp3) is 0.455. The number of carboxylic acids is 1. The van der Waals surface area contributed by atoms with Gasteiger partial charge in [-0.3, -0.25) is 14.5 Å². The number of carbonyl (C=O) groups excluding carboxylic acids is 1. The third-order valence-electron chi connectivity index (χ3n) is 8.56. The van der Waals surface area contributed by atoms with Crippen LogP contribution in [0, 0.1) is 11.8 Å². The number of pyridine rings is 2. The van der Waals surface area contributed by atoms with Crippen LogP contribution in [0.3, 0.4) is 0 Å². The summed E-state index contributed by atoms with van der Waals surface area (Å²) in [6, 6.07) is 8.82. The van der Waals surface area contributed by atoms with Crippen LogP contribution in [0.4, 0.5) is 37.8 Å². The van der Waals surface area contributed by atoms with Gasteiger partial charge in [0.15, 0.2) is 0 Å². The number of methoxy groups -OCH3 is 1. The first-order valence-corrected chi connectivity index (χ1v) is 15.4. The van der Waals surface area contributed by atoms with Crippen molar-refractivity contribution in [1.29, 1.82) is 0 Å². The number of nitrogens with zero attached hydrogens (tertiary/aromatic N) is 4. The number of carbonyl (C=O) groups is 2. The van der Waals surface area contributed by atoms with Gasteiger partial charge in [-0.25, -0.2) is 9.97 Å². The van der Waals surface area contributed by atoms with Gasteiger partial charge in [-0.05, 0) is 79.3 Å². The van der Waals surface area contributed by atoms with Crippen LogP contribution in [0.5, 0.6) is 11.6 Å². The topological polar surface area (TPSA) is 105 Å². The number of piperidine rings is 1. The molecule has 15 heteroatoms. The van der Waals surface area contributed by atoms with Crippen molar-refractivity contribution in [3.05, 3.63) is 71.5 Å². The minimum absolute atomic E-state index is 0.0335. The highest BCUT2D eigenvalue weighted by atomic mass is 19.4. The lowest BCUT2D eigenvalue weighted by molar-refractivity contribution is -0.138. The van der Waals surface area contributed by atoms with Gasteiger partial charge < -0.3 is 19.5 Å². The Morgan fingerprint density at radius 1 is 0.979 bits per heavy atom. The van der Waals surface area contributed by atoms with Gasteiger partial charge in [-0.2, -0.15) is 26.3 Å². The molecule has 0 radical (unpaired) electrons. The molecular weight excluding hydrogens is 646 g/mol. The van der Waals surface area contributed by atoms with Crippen molar-refractivity contribution >= 4 is 23.4 Å². The third-order valence-corrected chi connectivity index (χ3v) is 8.56. The van der Waals surface area contributed by atoms with Crippen molar-refractivity contribution in [2.45, 2.75) is 50.4 Å². The van der Waals surface area contributed by atoms with E-state index >= 15 is 0 Å². The van der Waals surface area contributed by atoms with Crippen LogP contribution in [0.2, 0.25) is 0 Å². The zero-order valence-corrected chi connectivity index (χ0v) is 25.9. The van der Waals surface area contributed by atoms with Crippen molar-refractivity contribution in [2.75, 3.05) is 43.2 Å². The first-order valence-electron chi connectivity index (χ1n) is 15.4. The van der Waals surface area contributed by atoms with E-state index < -0.39 is 42.2 Å². The molecule has 9 nitrogen and oxygen atoms in total. The minimum Gasteiger partial charge on any atom is -0.497 e. The van der Waals surface area contributed by atoms with Crippen LogP contribution < -0.4 is 19.3 Å². The molecule has 0 bridgehead atoms. The Morgan fingerprint density at radius 2 is 1.69 bits per heavy atom. The van der Waals surface area contributed by atoms with Gasteiger partial charge in [0.1, 0.15) is 18.1 Å². The molecule has 48 heavy (non-hydrogen) atoms.